The summed E-state index contributed by atoms with van der Waals surface area (Å²) in [7, 11) is 0. The molecule has 31 heavy (non-hydrogen) atoms. The minimum absolute atomic E-state index is 0.162. The minimum Gasteiger partial charge on any atom is -0.444 e. The maximum absolute atomic E-state index is 11.8. The molecular weight excluding hydrogens is 416 g/mol. The quantitative estimate of drug-likeness (QED) is 0.700. The van der Waals surface area contributed by atoms with Crippen LogP contribution >= 0.6 is 11.3 Å². The zero-order chi connectivity index (χ0) is 22.4. The number of ether oxygens (including phenoxy) is 1. The highest BCUT2D eigenvalue weighted by molar-refractivity contribution is 7.09. The lowest BCUT2D eigenvalue weighted by atomic mass is 10.2. The molecule has 3 rings (SSSR count). The van der Waals surface area contributed by atoms with Crippen molar-refractivity contribution in [3.05, 3.63) is 22.8 Å². The fourth-order valence-corrected chi connectivity index (χ4v) is 4.09. The number of rotatable bonds is 7. The van der Waals surface area contributed by atoms with Gasteiger partial charge in [-0.25, -0.2) is 9.78 Å². The summed E-state index contributed by atoms with van der Waals surface area (Å²) in [5.74, 6) is 0.162. The van der Waals surface area contributed by atoms with E-state index in [0.717, 1.165) is 62.0 Å². The van der Waals surface area contributed by atoms with Crippen LogP contribution < -0.4 is 5.32 Å². The van der Waals surface area contributed by atoms with E-state index in [1.807, 2.05) is 48.1 Å². The second-order valence-electron chi connectivity index (χ2n) is 8.68. The lowest BCUT2D eigenvalue weighted by molar-refractivity contribution is -0.130. The molecule has 2 amide bonds. The van der Waals surface area contributed by atoms with Gasteiger partial charge in [0.15, 0.2) is 0 Å². The lowest BCUT2D eigenvalue weighted by Gasteiger charge is -2.34. The average Bonchev–Trinajstić information content (AvgIpc) is 3.35. The summed E-state index contributed by atoms with van der Waals surface area (Å²) >= 11 is 1.50. The summed E-state index contributed by atoms with van der Waals surface area (Å²) in [6.45, 7) is 12.8. The number of amides is 2. The summed E-state index contributed by atoms with van der Waals surface area (Å²) in [5, 5.41) is 9.98. The van der Waals surface area contributed by atoms with Crippen LogP contribution in [0.15, 0.2) is 17.8 Å². The Balaban J connectivity index is 1.42. The van der Waals surface area contributed by atoms with Gasteiger partial charge in [0, 0.05) is 63.3 Å². The number of nitrogens with one attached hydrogen (secondary N) is 1. The molecule has 1 N–H and O–H groups in total. The van der Waals surface area contributed by atoms with Gasteiger partial charge in [0.05, 0.1) is 18.4 Å². The van der Waals surface area contributed by atoms with Gasteiger partial charge in [0.25, 0.3) is 0 Å². The summed E-state index contributed by atoms with van der Waals surface area (Å²) < 4.78 is 7.19. The Kier molecular flexibility index (Phi) is 7.66. The van der Waals surface area contributed by atoms with E-state index in [-0.39, 0.29) is 5.91 Å². The molecule has 9 nitrogen and oxygen atoms in total. The molecule has 0 aromatic carbocycles. The van der Waals surface area contributed by atoms with Gasteiger partial charge in [-0.15, -0.1) is 11.3 Å². The molecule has 1 aliphatic heterocycles. The second kappa shape index (κ2) is 10.2. The number of thiazole rings is 1. The smallest absolute Gasteiger partial charge is 0.408 e. The van der Waals surface area contributed by atoms with Crippen molar-refractivity contribution in [1.82, 2.24) is 29.9 Å². The van der Waals surface area contributed by atoms with Crippen LogP contribution in [0.4, 0.5) is 4.79 Å². The highest BCUT2D eigenvalue weighted by atomic mass is 32.1. The summed E-state index contributed by atoms with van der Waals surface area (Å²) in [4.78, 5) is 32.1. The van der Waals surface area contributed by atoms with Gasteiger partial charge in [-0.3, -0.25) is 14.4 Å². The first kappa shape index (κ1) is 23.2. The molecule has 0 spiro atoms. The van der Waals surface area contributed by atoms with E-state index in [9.17, 15) is 9.59 Å². The monoisotopic (exact) mass is 448 g/mol. The molecule has 0 saturated carbocycles. The van der Waals surface area contributed by atoms with E-state index in [2.05, 4.69) is 20.3 Å². The molecule has 1 saturated heterocycles. The van der Waals surface area contributed by atoms with Crippen molar-refractivity contribution in [1.29, 1.82) is 0 Å². The Morgan fingerprint density at radius 2 is 1.94 bits per heavy atom. The predicted octanol–water partition coefficient (Wildman–Crippen LogP) is 2.59. The van der Waals surface area contributed by atoms with E-state index < -0.39 is 11.7 Å². The Hall–Kier alpha value is -2.46. The molecular formula is C21H32N6O3S. The van der Waals surface area contributed by atoms with E-state index in [1.54, 1.807) is 6.92 Å². The molecule has 3 heterocycles. The van der Waals surface area contributed by atoms with Crippen molar-refractivity contribution in [3.8, 4) is 11.3 Å². The zero-order valence-electron chi connectivity index (χ0n) is 18.8. The number of nitrogens with zero attached hydrogens (tertiary/aromatic N) is 5. The summed E-state index contributed by atoms with van der Waals surface area (Å²) in [6, 6.07) is 0. The van der Waals surface area contributed by atoms with Crippen LogP contribution in [0.25, 0.3) is 11.3 Å². The standard InChI is InChI=1S/C21H32N6O3S/c1-16(28)26-10-8-25(9-11-26)6-5-7-27-14-17(12-23-27)18-15-31-19(24-18)13-22-20(29)30-21(2,3)4/h12,14-15H,5-11,13H2,1-4H3,(H,22,29). The first-order valence-electron chi connectivity index (χ1n) is 10.6. The van der Waals surface area contributed by atoms with Crippen LogP contribution in [0.5, 0.6) is 0 Å². The third-order valence-corrected chi connectivity index (χ3v) is 5.79. The van der Waals surface area contributed by atoms with Crippen LogP contribution in [0.2, 0.25) is 0 Å². The van der Waals surface area contributed by atoms with Crippen molar-refractivity contribution in [2.45, 2.75) is 52.8 Å². The van der Waals surface area contributed by atoms with Crippen LogP contribution in [0, 0.1) is 0 Å². The zero-order valence-corrected chi connectivity index (χ0v) is 19.6. The van der Waals surface area contributed by atoms with Gasteiger partial charge in [0.2, 0.25) is 5.91 Å². The minimum atomic E-state index is -0.518. The fourth-order valence-electron chi connectivity index (χ4n) is 3.35. The van der Waals surface area contributed by atoms with Gasteiger partial charge < -0.3 is 15.0 Å². The number of hydrogen-bond donors (Lipinski definition) is 1. The van der Waals surface area contributed by atoms with Gasteiger partial charge in [-0.1, -0.05) is 0 Å². The van der Waals surface area contributed by atoms with Crippen LogP contribution in [-0.2, 0) is 22.6 Å². The molecule has 1 fully saturated rings. The lowest BCUT2D eigenvalue weighted by Crippen LogP contribution is -2.48. The van der Waals surface area contributed by atoms with E-state index >= 15 is 0 Å². The number of aromatic nitrogens is 3. The second-order valence-corrected chi connectivity index (χ2v) is 9.62. The van der Waals surface area contributed by atoms with E-state index in [0.29, 0.717) is 6.54 Å². The van der Waals surface area contributed by atoms with E-state index in [4.69, 9.17) is 4.74 Å². The number of aryl methyl sites for hydroxylation is 1. The van der Waals surface area contributed by atoms with E-state index in [1.165, 1.54) is 11.3 Å². The number of alkyl carbamates (subject to hydrolysis) is 1. The highest BCUT2D eigenvalue weighted by Gasteiger charge is 2.18. The average molecular weight is 449 g/mol. The molecule has 0 bridgehead atoms. The van der Waals surface area contributed by atoms with Crippen molar-refractivity contribution in [3.63, 3.8) is 0 Å². The largest absolute Gasteiger partial charge is 0.444 e. The molecule has 2 aromatic heterocycles. The normalized spacial score (nSPS) is 15.2. The number of piperazine rings is 1. The van der Waals surface area contributed by atoms with Crippen LogP contribution in [0.1, 0.15) is 39.1 Å². The molecule has 2 aromatic rings. The fraction of sp³-hybridized carbons (Fsp3) is 0.619. The molecule has 0 aliphatic carbocycles. The van der Waals surface area contributed by atoms with Gasteiger partial charge >= 0.3 is 6.09 Å². The van der Waals surface area contributed by atoms with Crippen LogP contribution in [-0.4, -0.2) is 74.9 Å². The third-order valence-electron chi connectivity index (χ3n) is 4.94. The van der Waals surface area contributed by atoms with Gasteiger partial charge in [0.1, 0.15) is 10.6 Å². The summed E-state index contributed by atoms with van der Waals surface area (Å²) in [5.41, 5.74) is 1.31. The SMILES string of the molecule is CC(=O)N1CCN(CCCn2cc(-c3csc(CNC(=O)OC(C)(C)C)n3)cn2)CC1. The first-order valence-corrected chi connectivity index (χ1v) is 11.5. The van der Waals surface area contributed by atoms with Gasteiger partial charge in [-0.2, -0.15) is 5.10 Å². The number of hydrogen-bond acceptors (Lipinski definition) is 7. The molecule has 1 aliphatic rings. The predicted molar refractivity (Wildman–Crippen MR) is 120 cm³/mol. The molecule has 0 radical (unpaired) electrons. The Bertz CT molecular complexity index is 880. The number of carbonyl (C=O) groups is 2. The van der Waals surface area contributed by atoms with Gasteiger partial charge in [-0.05, 0) is 27.2 Å². The molecule has 170 valence electrons. The molecule has 10 heteroatoms. The van der Waals surface area contributed by atoms with Crippen molar-refractivity contribution in [2.75, 3.05) is 32.7 Å². The summed E-state index contributed by atoms with van der Waals surface area (Å²) in [6.07, 6.45) is 4.39. The van der Waals surface area contributed by atoms with Crippen molar-refractivity contribution >= 4 is 23.3 Å². The van der Waals surface area contributed by atoms with Crippen molar-refractivity contribution < 1.29 is 14.3 Å². The molecule has 0 atom stereocenters. The third kappa shape index (κ3) is 7.32. The first-order chi connectivity index (χ1) is 14.7. The topological polar surface area (TPSA) is 92.6 Å². The molecule has 0 unspecified atom stereocenters. The Labute approximate surface area is 187 Å². The van der Waals surface area contributed by atoms with Crippen molar-refractivity contribution in [2.24, 2.45) is 0 Å². The van der Waals surface area contributed by atoms with Crippen LogP contribution in [0.3, 0.4) is 0 Å². The Morgan fingerprint density at radius 3 is 2.61 bits per heavy atom. The maximum atomic E-state index is 11.8. The maximum Gasteiger partial charge on any atom is 0.408 e. The highest BCUT2D eigenvalue weighted by Crippen LogP contribution is 2.21. The number of carbonyl (C=O) groups excluding carboxylic acids is 2. The Morgan fingerprint density at radius 1 is 1.19 bits per heavy atom.